The molecule has 7 heteroatoms. The molecular weight excluding hydrogens is 408 g/mol. The molecule has 4 rings (SSSR count). The smallest absolute Gasteiger partial charge is 0.408 e. The van der Waals surface area contributed by atoms with E-state index in [1.165, 1.54) is 0 Å². The van der Waals surface area contributed by atoms with Crippen LogP contribution in [0.3, 0.4) is 0 Å². The first-order valence-corrected chi connectivity index (χ1v) is 11.1. The molecule has 0 radical (unpaired) electrons. The quantitative estimate of drug-likeness (QED) is 0.554. The molecule has 0 spiro atoms. The Morgan fingerprint density at radius 1 is 1.06 bits per heavy atom. The van der Waals surface area contributed by atoms with Crippen molar-refractivity contribution in [1.29, 1.82) is 0 Å². The number of hydrogen-bond donors (Lipinski definition) is 3. The van der Waals surface area contributed by atoms with Gasteiger partial charge >= 0.3 is 12.1 Å². The highest BCUT2D eigenvalue weighted by Crippen LogP contribution is 2.44. The summed E-state index contributed by atoms with van der Waals surface area (Å²) in [5, 5.41) is 14.6. The Labute approximate surface area is 187 Å². The van der Waals surface area contributed by atoms with Gasteiger partial charge in [0.15, 0.2) is 0 Å². The van der Waals surface area contributed by atoms with Crippen LogP contribution >= 0.6 is 0 Å². The average molecular weight is 437 g/mol. The van der Waals surface area contributed by atoms with Gasteiger partial charge in [0.25, 0.3) is 0 Å². The van der Waals surface area contributed by atoms with Gasteiger partial charge in [0.1, 0.15) is 12.1 Å². The third-order valence-electron chi connectivity index (χ3n) is 6.26. The fourth-order valence-electron chi connectivity index (χ4n) is 4.47. The maximum absolute atomic E-state index is 12.7. The van der Waals surface area contributed by atoms with Gasteiger partial charge in [-0.1, -0.05) is 61.9 Å². The van der Waals surface area contributed by atoms with E-state index in [-0.39, 0.29) is 24.9 Å². The van der Waals surface area contributed by atoms with Crippen molar-refractivity contribution in [2.75, 3.05) is 6.61 Å². The third kappa shape index (κ3) is 4.47. The minimum Gasteiger partial charge on any atom is -0.481 e. The zero-order chi connectivity index (χ0) is 22.7. The minimum absolute atomic E-state index is 0.0540. The SMILES string of the molecule is CCC[C@H](CC(=O)O)NC(=O)C1(NC(=O)OCC2c3ccccc3-c3ccccc32)CC1. The van der Waals surface area contributed by atoms with E-state index >= 15 is 0 Å². The Balaban J connectivity index is 1.37. The summed E-state index contributed by atoms with van der Waals surface area (Å²) in [5.41, 5.74) is 3.53. The molecule has 2 aliphatic rings. The summed E-state index contributed by atoms with van der Waals surface area (Å²) in [4.78, 5) is 36.4. The number of nitrogens with one attached hydrogen (secondary N) is 2. The summed E-state index contributed by atoms with van der Waals surface area (Å²) in [5.74, 6) is -1.36. The first kappa shape index (κ1) is 21.9. The number of alkyl carbamates (subject to hydrolysis) is 1. The lowest BCUT2D eigenvalue weighted by atomic mass is 9.98. The standard InChI is InChI=1S/C25H28N2O5/c1-2-7-16(14-22(28)29)26-23(30)25(12-13-25)27-24(31)32-15-21-19-10-5-3-8-17(19)18-9-4-6-11-20(18)21/h3-6,8-11,16,21H,2,7,12-15H2,1H3,(H,26,30)(H,27,31)(H,28,29)/t16-/m1/s1. The second kappa shape index (κ2) is 9.02. The van der Waals surface area contributed by atoms with Crippen LogP contribution in [0, 0.1) is 0 Å². The predicted octanol–water partition coefficient (Wildman–Crippen LogP) is 3.82. The van der Waals surface area contributed by atoms with Crippen molar-refractivity contribution < 1.29 is 24.2 Å². The average Bonchev–Trinajstić information content (AvgIpc) is 3.48. The van der Waals surface area contributed by atoms with Gasteiger partial charge in [0.2, 0.25) is 5.91 Å². The second-order valence-electron chi connectivity index (χ2n) is 8.59. The maximum Gasteiger partial charge on any atom is 0.408 e. The molecule has 3 N–H and O–H groups in total. The van der Waals surface area contributed by atoms with Gasteiger partial charge in [-0.2, -0.15) is 0 Å². The lowest BCUT2D eigenvalue weighted by molar-refractivity contribution is -0.137. The first-order valence-electron chi connectivity index (χ1n) is 11.1. The first-order chi connectivity index (χ1) is 15.4. The van der Waals surface area contributed by atoms with Gasteiger partial charge < -0.3 is 20.5 Å². The summed E-state index contributed by atoms with van der Waals surface area (Å²) in [6, 6.07) is 15.7. The van der Waals surface area contributed by atoms with E-state index in [0.29, 0.717) is 19.3 Å². The molecule has 0 heterocycles. The van der Waals surface area contributed by atoms with E-state index in [1.54, 1.807) is 0 Å². The van der Waals surface area contributed by atoms with Crippen LogP contribution in [-0.2, 0) is 14.3 Å². The highest BCUT2D eigenvalue weighted by molar-refractivity contribution is 5.93. The predicted molar refractivity (Wildman–Crippen MR) is 119 cm³/mol. The summed E-state index contributed by atoms with van der Waals surface area (Å²) < 4.78 is 5.56. The largest absolute Gasteiger partial charge is 0.481 e. The van der Waals surface area contributed by atoms with Crippen molar-refractivity contribution >= 4 is 18.0 Å². The van der Waals surface area contributed by atoms with Crippen LogP contribution in [0.1, 0.15) is 56.1 Å². The van der Waals surface area contributed by atoms with Crippen LogP contribution in [0.15, 0.2) is 48.5 Å². The Bertz CT molecular complexity index is 985. The van der Waals surface area contributed by atoms with Gasteiger partial charge in [-0.05, 0) is 41.5 Å². The Hall–Kier alpha value is -3.35. The fourth-order valence-corrected chi connectivity index (χ4v) is 4.47. The Kier molecular flexibility index (Phi) is 6.17. The molecule has 7 nitrogen and oxygen atoms in total. The van der Waals surface area contributed by atoms with Crippen molar-refractivity contribution in [3.8, 4) is 11.1 Å². The molecule has 1 fully saturated rings. The van der Waals surface area contributed by atoms with E-state index < -0.39 is 23.6 Å². The molecule has 0 unspecified atom stereocenters. The number of aliphatic carboxylic acids is 1. The molecule has 0 saturated heterocycles. The summed E-state index contributed by atoms with van der Waals surface area (Å²) in [6.07, 6.45) is 1.57. The number of fused-ring (bicyclic) bond motifs is 3. The van der Waals surface area contributed by atoms with Crippen molar-refractivity contribution in [3.63, 3.8) is 0 Å². The second-order valence-corrected chi connectivity index (χ2v) is 8.59. The van der Waals surface area contributed by atoms with Gasteiger partial charge in [-0.15, -0.1) is 0 Å². The summed E-state index contributed by atoms with van der Waals surface area (Å²) in [7, 11) is 0. The molecule has 2 amide bonds. The van der Waals surface area contributed by atoms with Crippen LogP contribution in [0.4, 0.5) is 4.79 Å². The number of hydrogen-bond acceptors (Lipinski definition) is 4. The molecule has 2 aliphatic carbocycles. The van der Waals surface area contributed by atoms with Gasteiger partial charge in [0, 0.05) is 12.0 Å². The number of carboxylic acids is 1. The van der Waals surface area contributed by atoms with Crippen LogP contribution in [-0.4, -0.2) is 41.3 Å². The molecule has 1 atom stereocenters. The van der Waals surface area contributed by atoms with Crippen LogP contribution in [0.2, 0.25) is 0 Å². The molecule has 2 aromatic carbocycles. The molecule has 0 bridgehead atoms. The summed E-state index contributed by atoms with van der Waals surface area (Å²) in [6.45, 7) is 2.11. The van der Waals surface area contributed by atoms with Crippen LogP contribution < -0.4 is 10.6 Å². The van der Waals surface area contributed by atoms with Gasteiger partial charge in [0.05, 0.1) is 6.42 Å². The Morgan fingerprint density at radius 2 is 1.66 bits per heavy atom. The highest BCUT2D eigenvalue weighted by Gasteiger charge is 2.52. The number of benzene rings is 2. The van der Waals surface area contributed by atoms with Gasteiger partial charge in [-0.3, -0.25) is 9.59 Å². The fraction of sp³-hybridized carbons (Fsp3) is 0.400. The zero-order valence-corrected chi connectivity index (χ0v) is 18.1. The molecule has 1 saturated carbocycles. The molecule has 32 heavy (non-hydrogen) atoms. The number of carbonyl (C=O) groups excluding carboxylic acids is 2. The molecular formula is C25H28N2O5. The lowest BCUT2D eigenvalue weighted by Crippen LogP contribution is -2.52. The minimum atomic E-state index is -1.01. The van der Waals surface area contributed by atoms with E-state index in [9.17, 15) is 14.4 Å². The Morgan fingerprint density at radius 3 is 2.19 bits per heavy atom. The maximum atomic E-state index is 12.7. The molecule has 168 valence electrons. The van der Waals surface area contributed by atoms with E-state index in [2.05, 4.69) is 22.8 Å². The van der Waals surface area contributed by atoms with E-state index in [1.807, 2.05) is 43.3 Å². The topological polar surface area (TPSA) is 105 Å². The number of carboxylic acid groups (broad SMARTS) is 1. The molecule has 0 aromatic heterocycles. The molecule has 0 aliphatic heterocycles. The monoisotopic (exact) mass is 436 g/mol. The van der Waals surface area contributed by atoms with Crippen LogP contribution in [0.25, 0.3) is 11.1 Å². The normalized spacial score (nSPS) is 16.4. The number of amides is 2. The number of carbonyl (C=O) groups is 3. The summed E-state index contributed by atoms with van der Waals surface area (Å²) >= 11 is 0. The zero-order valence-electron chi connectivity index (χ0n) is 18.1. The van der Waals surface area contributed by atoms with Crippen LogP contribution in [0.5, 0.6) is 0 Å². The van der Waals surface area contributed by atoms with Gasteiger partial charge in [-0.25, -0.2) is 4.79 Å². The number of rotatable bonds is 9. The van der Waals surface area contributed by atoms with Crippen molar-refractivity contribution in [3.05, 3.63) is 59.7 Å². The van der Waals surface area contributed by atoms with E-state index in [4.69, 9.17) is 9.84 Å². The van der Waals surface area contributed by atoms with Crippen molar-refractivity contribution in [2.24, 2.45) is 0 Å². The van der Waals surface area contributed by atoms with E-state index in [0.717, 1.165) is 28.7 Å². The highest BCUT2D eigenvalue weighted by atomic mass is 16.5. The molecule has 2 aromatic rings. The third-order valence-corrected chi connectivity index (χ3v) is 6.26. The lowest BCUT2D eigenvalue weighted by Gasteiger charge is -2.22. The van der Waals surface area contributed by atoms with Crippen molar-refractivity contribution in [2.45, 2.75) is 56.5 Å². The van der Waals surface area contributed by atoms with Crippen molar-refractivity contribution in [1.82, 2.24) is 10.6 Å². The number of ether oxygens (including phenoxy) is 1.